The summed E-state index contributed by atoms with van der Waals surface area (Å²) < 4.78 is 8.12. The Kier molecular flexibility index (Phi) is 4.95. The van der Waals surface area contributed by atoms with Gasteiger partial charge >= 0.3 is 0 Å². The zero-order valence-electron chi connectivity index (χ0n) is 17.2. The summed E-state index contributed by atoms with van der Waals surface area (Å²) in [6, 6.07) is 30.6. The van der Waals surface area contributed by atoms with Crippen molar-refractivity contribution in [1.29, 1.82) is 5.26 Å². The zero-order valence-corrected chi connectivity index (χ0v) is 17.2. The van der Waals surface area contributed by atoms with Gasteiger partial charge in [-0.25, -0.2) is 4.98 Å². The van der Waals surface area contributed by atoms with E-state index in [4.69, 9.17) is 9.72 Å². The van der Waals surface area contributed by atoms with Gasteiger partial charge in [0, 0.05) is 22.0 Å². The van der Waals surface area contributed by atoms with Crippen LogP contribution in [0.15, 0.2) is 84.9 Å². The number of fused-ring (bicyclic) bond motifs is 3. The van der Waals surface area contributed by atoms with E-state index in [0.717, 1.165) is 44.3 Å². The van der Waals surface area contributed by atoms with Gasteiger partial charge in [-0.3, -0.25) is 0 Å². The summed E-state index contributed by atoms with van der Waals surface area (Å²) >= 11 is 0. The molecule has 2 aromatic heterocycles. The Morgan fingerprint density at radius 3 is 2.42 bits per heavy atom. The van der Waals surface area contributed by atoms with E-state index in [0.29, 0.717) is 18.9 Å². The van der Waals surface area contributed by atoms with Gasteiger partial charge in [0.25, 0.3) is 0 Å². The van der Waals surface area contributed by atoms with Crippen molar-refractivity contribution in [2.24, 2.45) is 0 Å². The Morgan fingerprint density at radius 2 is 1.68 bits per heavy atom. The second-order valence-electron chi connectivity index (χ2n) is 7.60. The van der Waals surface area contributed by atoms with Crippen LogP contribution in [0.1, 0.15) is 16.8 Å². The number of rotatable bonds is 5. The molecule has 4 heteroatoms. The Balaban J connectivity index is 1.56. The highest BCUT2D eigenvalue weighted by Gasteiger charge is 2.14. The number of ether oxygens (including phenoxy) is 1. The zero-order chi connectivity index (χ0) is 21.2. The molecule has 0 saturated heterocycles. The average molecular weight is 403 g/mol. The van der Waals surface area contributed by atoms with Crippen molar-refractivity contribution in [3.63, 3.8) is 0 Å². The van der Waals surface area contributed by atoms with Gasteiger partial charge in [0.2, 0.25) is 0 Å². The summed E-state index contributed by atoms with van der Waals surface area (Å²) in [5, 5.41) is 11.8. The molecule has 0 radical (unpaired) electrons. The van der Waals surface area contributed by atoms with Gasteiger partial charge < -0.3 is 9.30 Å². The van der Waals surface area contributed by atoms with Crippen molar-refractivity contribution in [3.05, 3.63) is 102 Å². The van der Waals surface area contributed by atoms with E-state index in [1.165, 1.54) is 0 Å². The maximum Gasteiger partial charge on any atom is 0.123 e. The van der Waals surface area contributed by atoms with E-state index in [-0.39, 0.29) is 0 Å². The maximum absolute atomic E-state index is 9.90. The lowest BCUT2D eigenvalue weighted by Gasteiger charge is -2.11. The van der Waals surface area contributed by atoms with Crippen molar-refractivity contribution in [1.82, 2.24) is 9.55 Å². The molecule has 5 aromatic rings. The van der Waals surface area contributed by atoms with Crippen LogP contribution in [0.25, 0.3) is 33.1 Å². The summed E-state index contributed by atoms with van der Waals surface area (Å²) in [5.41, 5.74) is 6.56. The van der Waals surface area contributed by atoms with Gasteiger partial charge in [-0.2, -0.15) is 5.26 Å². The van der Waals surface area contributed by atoms with Crippen molar-refractivity contribution in [2.45, 2.75) is 20.3 Å². The smallest absolute Gasteiger partial charge is 0.123 e. The molecule has 0 aliphatic heterocycles. The van der Waals surface area contributed by atoms with Crippen LogP contribution in [0.4, 0.5) is 0 Å². The van der Waals surface area contributed by atoms with Crippen molar-refractivity contribution < 1.29 is 4.74 Å². The number of aryl methyl sites for hydroxylation is 1. The number of nitriles is 1. The molecule has 5 rings (SSSR count). The van der Waals surface area contributed by atoms with E-state index < -0.39 is 0 Å². The average Bonchev–Trinajstić information content (AvgIpc) is 3.14. The van der Waals surface area contributed by atoms with Crippen LogP contribution in [-0.4, -0.2) is 9.55 Å². The lowest BCUT2D eigenvalue weighted by molar-refractivity contribution is 0.0657. The van der Waals surface area contributed by atoms with Crippen molar-refractivity contribution >= 4 is 21.8 Å². The molecule has 0 unspecified atom stereocenters. The van der Waals surface area contributed by atoms with Crippen LogP contribution in [0.2, 0.25) is 0 Å². The van der Waals surface area contributed by atoms with Crippen molar-refractivity contribution in [3.8, 4) is 17.3 Å². The number of aromatic nitrogens is 2. The van der Waals surface area contributed by atoms with Gasteiger partial charge in [0.1, 0.15) is 6.73 Å². The van der Waals surface area contributed by atoms with E-state index in [2.05, 4.69) is 41.8 Å². The third-order valence-electron chi connectivity index (χ3n) is 5.58. The quantitative estimate of drug-likeness (QED) is 0.350. The molecular formula is C27H21N3O. The number of pyridine rings is 1. The maximum atomic E-state index is 9.90. The fourth-order valence-corrected chi connectivity index (χ4v) is 4.05. The van der Waals surface area contributed by atoms with Gasteiger partial charge in [0.05, 0.1) is 35.0 Å². The van der Waals surface area contributed by atoms with Crippen LogP contribution in [0, 0.1) is 18.3 Å². The van der Waals surface area contributed by atoms with Gasteiger partial charge in [-0.1, -0.05) is 60.7 Å². The van der Waals surface area contributed by atoms with E-state index in [1.807, 2.05) is 60.7 Å². The van der Waals surface area contributed by atoms with E-state index in [1.54, 1.807) is 0 Å². The van der Waals surface area contributed by atoms with Crippen molar-refractivity contribution in [2.75, 3.05) is 0 Å². The molecule has 4 nitrogen and oxygen atoms in total. The van der Waals surface area contributed by atoms with E-state index >= 15 is 0 Å². The Morgan fingerprint density at radius 1 is 0.935 bits per heavy atom. The predicted octanol–water partition coefficient (Wildman–Crippen LogP) is 6.21. The molecule has 0 aliphatic rings. The molecule has 3 aromatic carbocycles. The molecule has 0 aliphatic carbocycles. The summed E-state index contributed by atoms with van der Waals surface area (Å²) in [4.78, 5) is 4.85. The Bertz CT molecular complexity index is 1410. The van der Waals surface area contributed by atoms with Crippen LogP contribution in [0.3, 0.4) is 0 Å². The Hall–Kier alpha value is -3.94. The molecule has 0 spiro atoms. The largest absolute Gasteiger partial charge is 0.356 e. The minimum atomic E-state index is 0.452. The van der Waals surface area contributed by atoms with E-state index in [9.17, 15) is 5.26 Å². The number of benzene rings is 3. The van der Waals surface area contributed by atoms with Crippen LogP contribution >= 0.6 is 0 Å². The molecule has 0 fully saturated rings. The standard InChI is InChI=1S/C27H21N3O/c1-19-14-23-26(30(19)18-31-17-20-8-4-2-5-9-20)13-12-24-27(23)22(16-28)15-25(29-24)21-10-6-3-7-11-21/h2-15H,17-18H2,1H3. The fourth-order valence-electron chi connectivity index (χ4n) is 4.05. The molecule has 150 valence electrons. The van der Waals surface area contributed by atoms with Crippen LogP contribution in [-0.2, 0) is 18.1 Å². The number of nitrogens with zero attached hydrogens (tertiary/aromatic N) is 3. The summed E-state index contributed by atoms with van der Waals surface area (Å²) in [6.45, 7) is 3.07. The number of hydrogen-bond donors (Lipinski definition) is 0. The monoisotopic (exact) mass is 403 g/mol. The molecule has 0 N–H and O–H groups in total. The normalized spacial score (nSPS) is 11.1. The van der Waals surface area contributed by atoms with Crippen LogP contribution < -0.4 is 0 Å². The topological polar surface area (TPSA) is 50.8 Å². The predicted molar refractivity (Wildman–Crippen MR) is 123 cm³/mol. The number of hydrogen-bond acceptors (Lipinski definition) is 3. The highest BCUT2D eigenvalue weighted by atomic mass is 16.5. The first-order valence-electron chi connectivity index (χ1n) is 10.3. The summed E-state index contributed by atoms with van der Waals surface area (Å²) in [5.74, 6) is 0. The summed E-state index contributed by atoms with van der Waals surface area (Å²) in [6.07, 6.45) is 0. The first kappa shape index (κ1) is 19.0. The molecule has 0 amide bonds. The molecule has 0 atom stereocenters. The molecule has 2 heterocycles. The van der Waals surface area contributed by atoms with Gasteiger partial charge in [-0.15, -0.1) is 0 Å². The molecule has 0 saturated carbocycles. The second-order valence-corrected chi connectivity index (χ2v) is 7.60. The Labute approximate surface area is 181 Å². The minimum absolute atomic E-state index is 0.452. The third-order valence-corrected chi connectivity index (χ3v) is 5.58. The fraction of sp³-hybridized carbons (Fsp3) is 0.111. The van der Waals surface area contributed by atoms with Crippen LogP contribution in [0.5, 0.6) is 0 Å². The minimum Gasteiger partial charge on any atom is -0.356 e. The molecule has 31 heavy (non-hydrogen) atoms. The SMILES string of the molecule is Cc1cc2c3c(C#N)cc(-c4ccccc4)nc3ccc2n1COCc1ccccc1. The highest BCUT2D eigenvalue weighted by molar-refractivity contribution is 6.09. The third kappa shape index (κ3) is 3.56. The van der Waals surface area contributed by atoms with Gasteiger partial charge in [-0.05, 0) is 36.8 Å². The molecule has 0 bridgehead atoms. The first-order chi connectivity index (χ1) is 15.2. The lowest BCUT2D eigenvalue weighted by atomic mass is 10.0. The molecular weight excluding hydrogens is 382 g/mol. The lowest BCUT2D eigenvalue weighted by Crippen LogP contribution is -2.04. The summed E-state index contributed by atoms with van der Waals surface area (Å²) in [7, 11) is 0. The van der Waals surface area contributed by atoms with Gasteiger partial charge in [0.15, 0.2) is 0 Å². The first-order valence-corrected chi connectivity index (χ1v) is 10.3. The highest BCUT2D eigenvalue weighted by Crippen LogP contribution is 2.32. The second kappa shape index (κ2) is 8.06.